The highest BCUT2D eigenvalue weighted by molar-refractivity contribution is 7.15. The molecule has 0 fully saturated rings. The van der Waals surface area contributed by atoms with Gasteiger partial charge in [-0.2, -0.15) is 0 Å². The fraction of sp³-hybridized carbons (Fsp3) is 0.357. The van der Waals surface area contributed by atoms with Crippen molar-refractivity contribution >= 4 is 28.2 Å². The summed E-state index contributed by atoms with van der Waals surface area (Å²) in [7, 11) is 0. The van der Waals surface area contributed by atoms with Gasteiger partial charge in [0.15, 0.2) is 6.10 Å². The number of carbonyl (C=O) groups excluding carboxylic acids is 2. The molecule has 0 saturated carbocycles. The number of esters is 1. The Bertz CT molecular complexity index is 1140. The third-order valence-corrected chi connectivity index (χ3v) is 6.28. The molecule has 0 aliphatic rings. The van der Waals surface area contributed by atoms with E-state index in [0.29, 0.717) is 28.5 Å². The van der Waals surface area contributed by atoms with Gasteiger partial charge in [-0.25, -0.2) is 4.79 Å². The van der Waals surface area contributed by atoms with Crippen molar-refractivity contribution in [3.63, 3.8) is 0 Å². The predicted octanol–water partition coefficient (Wildman–Crippen LogP) is 6.69. The minimum Gasteiger partial charge on any atom is -0.494 e. The van der Waals surface area contributed by atoms with Crippen molar-refractivity contribution < 1.29 is 23.8 Å². The first-order valence-corrected chi connectivity index (χ1v) is 12.6. The average molecular weight is 496 g/mol. The number of carbonyl (C=O) groups is 2. The van der Waals surface area contributed by atoms with E-state index in [1.165, 1.54) is 16.9 Å². The van der Waals surface area contributed by atoms with Crippen molar-refractivity contribution in [1.82, 2.24) is 0 Å². The molecular weight excluding hydrogens is 462 g/mol. The van der Waals surface area contributed by atoms with Crippen molar-refractivity contribution in [2.75, 3.05) is 18.5 Å². The van der Waals surface area contributed by atoms with Gasteiger partial charge < -0.3 is 19.5 Å². The molecule has 2 aromatic carbocycles. The number of ether oxygens (including phenoxy) is 3. The van der Waals surface area contributed by atoms with Gasteiger partial charge in [-0.15, -0.1) is 11.3 Å². The third-order valence-electron chi connectivity index (χ3n) is 5.39. The molecule has 1 N–H and O–H groups in total. The molecule has 1 aromatic heterocycles. The summed E-state index contributed by atoms with van der Waals surface area (Å²) in [6.07, 6.45) is -0.762. The van der Waals surface area contributed by atoms with Crippen LogP contribution in [0.5, 0.6) is 11.5 Å². The zero-order valence-corrected chi connectivity index (χ0v) is 22.0. The Labute approximate surface area is 211 Å². The van der Waals surface area contributed by atoms with E-state index in [9.17, 15) is 9.59 Å². The fourth-order valence-corrected chi connectivity index (χ4v) is 4.43. The van der Waals surface area contributed by atoms with Crippen molar-refractivity contribution in [3.05, 3.63) is 65.0 Å². The number of nitrogens with one attached hydrogen (secondary N) is 1. The molecular formula is C28H33NO5S. The Morgan fingerprint density at radius 2 is 1.57 bits per heavy atom. The Balaban J connectivity index is 1.79. The van der Waals surface area contributed by atoms with E-state index in [0.717, 1.165) is 11.3 Å². The molecule has 6 nitrogen and oxygen atoms in total. The molecule has 0 aliphatic carbocycles. The smallest absolute Gasteiger partial charge is 0.341 e. The quantitative estimate of drug-likeness (QED) is 0.335. The highest BCUT2D eigenvalue weighted by Gasteiger charge is 2.25. The second-order valence-corrected chi connectivity index (χ2v) is 9.93. The van der Waals surface area contributed by atoms with Crippen LogP contribution in [-0.4, -0.2) is 31.2 Å². The lowest BCUT2D eigenvalue weighted by atomic mass is 9.87. The largest absolute Gasteiger partial charge is 0.494 e. The molecule has 0 radical (unpaired) electrons. The number of hydrogen-bond acceptors (Lipinski definition) is 6. The van der Waals surface area contributed by atoms with E-state index in [1.807, 2.05) is 60.8 Å². The molecule has 35 heavy (non-hydrogen) atoms. The topological polar surface area (TPSA) is 73.9 Å². The monoisotopic (exact) mass is 495 g/mol. The minimum absolute atomic E-state index is 0.0330. The first-order chi connectivity index (χ1) is 16.6. The summed E-state index contributed by atoms with van der Waals surface area (Å²) in [6, 6.07) is 15.2. The van der Waals surface area contributed by atoms with E-state index in [4.69, 9.17) is 14.2 Å². The summed E-state index contributed by atoms with van der Waals surface area (Å²) in [5.74, 6) is 0.515. The summed E-state index contributed by atoms with van der Waals surface area (Å²) >= 11 is 1.28. The van der Waals surface area contributed by atoms with Crippen molar-refractivity contribution in [2.24, 2.45) is 0 Å². The van der Waals surface area contributed by atoms with Gasteiger partial charge in [-0.3, -0.25) is 4.79 Å². The highest BCUT2D eigenvalue weighted by Crippen LogP contribution is 2.37. The molecule has 1 amide bonds. The molecule has 1 unspecified atom stereocenters. The first kappa shape index (κ1) is 26.3. The van der Waals surface area contributed by atoms with Gasteiger partial charge in [-0.05, 0) is 61.6 Å². The lowest BCUT2D eigenvalue weighted by Gasteiger charge is -2.20. The van der Waals surface area contributed by atoms with Crippen LogP contribution >= 0.6 is 11.3 Å². The van der Waals surface area contributed by atoms with Crippen LogP contribution in [0.15, 0.2) is 53.9 Å². The maximum Gasteiger partial charge on any atom is 0.341 e. The van der Waals surface area contributed by atoms with E-state index in [2.05, 4.69) is 26.1 Å². The molecule has 0 bridgehead atoms. The van der Waals surface area contributed by atoms with Gasteiger partial charge >= 0.3 is 5.97 Å². The van der Waals surface area contributed by atoms with Crippen molar-refractivity contribution in [1.29, 1.82) is 0 Å². The molecule has 7 heteroatoms. The van der Waals surface area contributed by atoms with Crippen LogP contribution in [0, 0.1) is 0 Å². The Hall–Kier alpha value is -3.32. The van der Waals surface area contributed by atoms with Crippen LogP contribution in [-0.2, 0) is 14.9 Å². The van der Waals surface area contributed by atoms with Crippen molar-refractivity contribution in [2.45, 2.75) is 53.1 Å². The van der Waals surface area contributed by atoms with E-state index >= 15 is 0 Å². The molecule has 0 saturated heterocycles. The molecule has 1 atom stereocenters. The van der Waals surface area contributed by atoms with E-state index < -0.39 is 12.1 Å². The van der Waals surface area contributed by atoms with E-state index in [-0.39, 0.29) is 17.9 Å². The number of anilines is 1. The maximum absolute atomic E-state index is 12.9. The molecule has 3 rings (SSSR count). The lowest BCUT2D eigenvalue weighted by molar-refractivity contribution is -0.122. The highest BCUT2D eigenvalue weighted by atomic mass is 32.1. The average Bonchev–Trinajstić information content (AvgIpc) is 3.23. The van der Waals surface area contributed by atoms with Crippen molar-refractivity contribution in [3.8, 4) is 22.6 Å². The van der Waals surface area contributed by atoms with Crippen LogP contribution in [0.3, 0.4) is 0 Å². The van der Waals surface area contributed by atoms with Gasteiger partial charge in [0, 0.05) is 10.9 Å². The van der Waals surface area contributed by atoms with Gasteiger partial charge in [0.2, 0.25) is 0 Å². The van der Waals surface area contributed by atoms with E-state index in [1.54, 1.807) is 13.8 Å². The van der Waals surface area contributed by atoms with Crippen LogP contribution in [0.1, 0.15) is 57.5 Å². The number of benzene rings is 2. The Kier molecular flexibility index (Phi) is 8.57. The lowest BCUT2D eigenvalue weighted by Crippen LogP contribution is -2.30. The number of hydrogen-bond donors (Lipinski definition) is 1. The summed E-state index contributed by atoms with van der Waals surface area (Å²) in [5.41, 5.74) is 3.07. The minimum atomic E-state index is -0.762. The number of thiophene rings is 1. The molecule has 0 aliphatic heterocycles. The standard InChI is InChI=1S/C28H33NO5S/c1-7-32-21-13-9-19(10-14-21)23-17-35-26(24(23)27(31)33-8-2)29-25(30)18(3)34-22-15-11-20(12-16-22)28(4,5)6/h9-18H,7-8H2,1-6H3,(H,29,30). The van der Waals surface area contributed by atoms with Crippen LogP contribution < -0.4 is 14.8 Å². The normalized spacial score (nSPS) is 12.1. The molecule has 186 valence electrons. The number of amides is 1. The fourth-order valence-electron chi connectivity index (χ4n) is 3.47. The van der Waals surface area contributed by atoms with Gasteiger partial charge in [0.25, 0.3) is 5.91 Å². The Morgan fingerprint density at radius 1 is 0.943 bits per heavy atom. The second kappa shape index (κ2) is 11.4. The SMILES string of the molecule is CCOC(=O)c1c(-c2ccc(OCC)cc2)csc1NC(=O)C(C)Oc1ccc(C(C)(C)C)cc1. The maximum atomic E-state index is 12.9. The number of rotatable bonds is 9. The molecule has 0 spiro atoms. The molecule has 1 heterocycles. The van der Waals surface area contributed by atoms with Gasteiger partial charge in [0.05, 0.1) is 13.2 Å². The van der Waals surface area contributed by atoms with Crippen LogP contribution in [0.2, 0.25) is 0 Å². The van der Waals surface area contributed by atoms with Gasteiger partial charge in [-0.1, -0.05) is 45.0 Å². The zero-order chi connectivity index (χ0) is 25.6. The molecule has 3 aromatic rings. The first-order valence-electron chi connectivity index (χ1n) is 11.7. The summed E-state index contributed by atoms with van der Waals surface area (Å²) in [4.78, 5) is 25.8. The third kappa shape index (κ3) is 6.63. The predicted molar refractivity (Wildman–Crippen MR) is 141 cm³/mol. The summed E-state index contributed by atoms with van der Waals surface area (Å²) < 4.78 is 16.7. The van der Waals surface area contributed by atoms with Crippen LogP contribution in [0.25, 0.3) is 11.1 Å². The second-order valence-electron chi connectivity index (χ2n) is 9.06. The summed E-state index contributed by atoms with van der Waals surface area (Å²) in [5, 5.41) is 5.12. The Morgan fingerprint density at radius 3 is 2.14 bits per heavy atom. The van der Waals surface area contributed by atoms with Gasteiger partial charge in [0.1, 0.15) is 22.1 Å². The zero-order valence-electron chi connectivity index (χ0n) is 21.1. The van der Waals surface area contributed by atoms with Crippen LogP contribution in [0.4, 0.5) is 5.00 Å². The summed E-state index contributed by atoms with van der Waals surface area (Å²) in [6.45, 7) is 12.6.